The van der Waals surface area contributed by atoms with Crippen molar-refractivity contribution in [1.29, 1.82) is 0 Å². The molecule has 0 radical (unpaired) electrons. The van der Waals surface area contributed by atoms with Crippen molar-refractivity contribution in [3.05, 3.63) is 126 Å². The zero-order chi connectivity index (χ0) is 23.8. The summed E-state index contributed by atoms with van der Waals surface area (Å²) in [7, 11) is -3.73. The number of rotatable bonds is 10. The first-order valence-corrected chi connectivity index (χ1v) is 12.3. The van der Waals surface area contributed by atoms with Crippen LogP contribution in [0.5, 0.6) is 5.75 Å². The molecular weight excluding hydrogens is 451 g/mol. The number of hydrogen-bond acceptors (Lipinski definition) is 4. The van der Waals surface area contributed by atoms with Crippen LogP contribution in [-0.4, -0.2) is 24.3 Å². The lowest BCUT2D eigenvalue weighted by molar-refractivity contribution is 0.320. The van der Waals surface area contributed by atoms with Crippen LogP contribution in [0.3, 0.4) is 0 Å². The number of ether oxygens (including phenoxy) is 1. The fourth-order valence-corrected chi connectivity index (χ4v) is 4.97. The minimum Gasteiger partial charge on any atom is -0.493 e. The largest absolute Gasteiger partial charge is 0.493 e. The van der Waals surface area contributed by atoms with Gasteiger partial charge >= 0.3 is 0 Å². The van der Waals surface area contributed by atoms with Gasteiger partial charge in [0.15, 0.2) is 0 Å². The number of benzene rings is 3. The molecule has 1 heterocycles. The monoisotopic (exact) mass is 476 g/mol. The van der Waals surface area contributed by atoms with Gasteiger partial charge in [0.05, 0.1) is 11.5 Å². The molecule has 0 aliphatic heterocycles. The van der Waals surface area contributed by atoms with E-state index in [1.807, 2.05) is 36.4 Å². The fourth-order valence-electron chi connectivity index (χ4n) is 3.53. The smallest absolute Gasteiger partial charge is 0.243 e. The Labute approximate surface area is 199 Å². The maximum absolute atomic E-state index is 13.4. The van der Waals surface area contributed by atoms with Gasteiger partial charge < -0.3 is 4.74 Å². The van der Waals surface area contributed by atoms with Gasteiger partial charge in [-0.1, -0.05) is 42.5 Å². The molecule has 1 aromatic heterocycles. The van der Waals surface area contributed by atoms with Gasteiger partial charge in [-0.05, 0) is 65.2 Å². The zero-order valence-electron chi connectivity index (χ0n) is 18.5. The second-order valence-electron chi connectivity index (χ2n) is 7.81. The summed E-state index contributed by atoms with van der Waals surface area (Å²) >= 11 is 0. The van der Waals surface area contributed by atoms with Crippen LogP contribution in [0.1, 0.15) is 16.7 Å². The topological polar surface area (TPSA) is 59.5 Å². The molecule has 5 nitrogen and oxygen atoms in total. The fraction of sp³-hybridized carbons (Fsp3) is 0.148. The SMILES string of the molecule is O=S(=O)(c1ccccc1)N(Cc1ccncc1)Cc1cccc(OCCc2ccc(F)cc2)c1. The van der Waals surface area contributed by atoms with Crippen molar-refractivity contribution in [1.82, 2.24) is 9.29 Å². The first kappa shape index (κ1) is 23.6. The number of halogens is 1. The van der Waals surface area contributed by atoms with E-state index in [0.29, 0.717) is 18.8 Å². The van der Waals surface area contributed by atoms with Crippen LogP contribution in [0.25, 0.3) is 0 Å². The van der Waals surface area contributed by atoms with Crippen molar-refractivity contribution in [2.24, 2.45) is 0 Å². The molecule has 34 heavy (non-hydrogen) atoms. The van der Waals surface area contributed by atoms with Crippen molar-refractivity contribution in [2.45, 2.75) is 24.4 Å². The summed E-state index contributed by atoms with van der Waals surface area (Å²) in [5.41, 5.74) is 2.64. The molecule has 0 aliphatic rings. The van der Waals surface area contributed by atoms with Gasteiger partial charge in [0, 0.05) is 31.9 Å². The normalized spacial score (nSPS) is 11.5. The molecule has 0 aliphatic carbocycles. The molecule has 0 saturated carbocycles. The quantitative estimate of drug-likeness (QED) is 0.314. The summed E-state index contributed by atoms with van der Waals surface area (Å²) < 4.78 is 47.3. The van der Waals surface area contributed by atoms with E-state index in [2.05, 4.69) is 4.98 Å². The predicted molar refractivity (Wildman–Crippen MR) is 129 cm³/mol. The van der Waals surface area contributed by atoms with Crippen LogP contribution in [0.15, 0.2) is 108 Å². The predicted octanol–water partition coefficient (Wildman–Crippen LogP) is 5.23. The average Bonchev–Trinajstić information content (AvgIpc) is 2.86. The highest BCUT2D eigenvalue weighted by Gasteiger charge is 2.25. The Morgan fingerprint density at radius 1 is 0.765 bits per heavy atom. The third kappa shape index (κ3) is 6.27. The molecule has 174 valence electrons. The van der Waals surface area contributed by atoms with Crippen molar-refractivity contribution < 1.29 is 17.5 Å². The molecule has 0 fully saturated rings. The summed E-state index contributed by atoms with van der Waals surface area (Å²) in [6.45, 7) is 0.836. The summed E-state index contributed by atoms with van der Waals surface area (Å²) in [6.07, 6.45) is 3.94. The Hall–Kier alpha value is -3.55. The Morgan fingerprint density at radius 3 is 2.21 bits per heavy atom. The summed E-state index contributed by atoms with van der Waals surface area (Å²) in [4.78, 5) is 4.27. The minimum atomic E-state index is -3.73. The minimum absolute atomic E-state index is 0.189. The number of sulfonamides is 1. The molecule has 0 N–H and O–H groups in total. The van der Waals surface area contributed by atoms with Crippen molar-refractivity contribution in [2.75, 3.05) is 6.61 Å². The van der Waals surface area contributed by atoms with Crippen LogP contribution in [-0.2, 0) is 29.5 Å². The van der Waals surface area contributed by atoms with E-state index in [4.69, 9.17) is 4.74 Å². The van der Waals surface area contributed by atoms with Crippen LogP contribution in [0.4, 0.5) is 4.39 Å². The molecule has 3 aromatic carbocycles. The molecular formula is C27H25FN2O3S. The molecule has 0 saturated heterocycles. The average molecular weight is 477 g/mol. The van der Waals surface area contributed by atoms with Crippen LogP contribution < -0.4 is 4.74 Å². The van der Waals surface area contributed by atoms with Gasteiger partial charge in [0.1, 0.15) is 11.6 Å². The second kappa shape index (κ2) is 11.0. The molecule has 0 atom stereocenters. The van der Waals surface area contributed by atoms with Crippen molar-refractivity contribution in [3.63, 3.8) is 0 Å². The van der Waals surface area contributed by atoms with E-state index in [0.717, 1.165) is 16.7 Å². The Bertz CT molecular complexity index is 1300. The number of nitrogens with zero attached hydrogens (tertiary/aromatic N) is 2. The summed E-state index contributed by atoms with van der Waals surface area (Å²) in [5, 5.41) is 0. The van der Waals surface area contributed by atoms with Crippen LogP contribution in [0, 0.1) is 5.82 Å². The molecule has 7 heteroatoms. The van der Waals surface area contributed by atoms with E-state index in [9.17, 15) is 12.8 Å². The summed E-state index contributed by atoms with van der Waals surface area (Å²) in [6, 6.07) is 25.8. The number of hydrogen-bond donors (Lipinski definition) is 0. The third-order valence-corrected chi connectivity index (χ3v) is 7.13. The highest BCUT2D eigenvalue weighted by Crippen LogP contribution is 2.23. The summed E-state index contributed by atoms with van der Waals surface area (Å²) in [5.74, 6) is 0.389. The first-order valence-electron chi connectivity index (χ1n) is 10.9. The number of aromatic nitrogens is 1. The Balaban J connectivity index is 1.50. The lowest BCUT2D eigenvalue weighted by atomic mass is 10.1. The van der Waals surface area contributed by atoms with Gasteiger partial charge in [0.2, 0.25) is 10.0 Å². The molecule has 0 spiro atoms. The maximum Gasteiger partial charge on any atom is 0.243 e. The molecule has 4 rings (SSSR count). The first-order chi connectivity index (χ1) is 16.5. The highest BCUT2D eigenvalue weighted by atomic mass is 32.2. The Morgan fingerprint density at radius 2 is 1.47 bits per heavy atom. The van der Waals surface area contributed by atoms with Gasteiger partial charge in [-0.3, -0.25) is 4.98 Å². The second-order valence-corrected chi connectivity index (χ2v) is 9.75. The van der Waals surface area contributed by atoms with E-state index >= 15 is 0 Å². The van der Waals surface area contributed by atoms with Crippen molar-refractivity contribution >= 4 is 10.0 Å². The van der Waals surface area contributed by atoms with Gasteiger partial charge in [-0.25, -0.2) is 12.8 Å². The highest BCUT2D eigenvalue weighted by molar-refractivity contribution is 7.89. The zero-order valence-corrected chi connectivity index (χ0v) is 19.4. The standard InChI is InChI=1S/C27H25FN2O3S/c28-25-11-9-22(10-12-25)15-18-33-26-6-4-5-24(19-26)21-30(20-23-13-16-29-17-14-23)34(31,32)27-7-2-1-3-8-27/h1-14,16-17,19H,15,18,20-21H2. The van der Waals surface area contributed by atoms with Gasteiger partial charge in [0.25, 0.3) is 0 Å². The molecule has 0 unspecified atom stereocenters. The van der Waals surface area contributed by atoms with E-state index in [1.165, 1.54) is 16.4 Å². The van der Waals surface area contributed by atoms with E-state index in [-0.39, 0.29) is 23.8 Å². The third-order valence-electron chi connectivity index (χ3n) is 5.32. The molecule has 0 amide bonds. The Kier molecular flexibility index (Phi) is 7.67. The lowest BCUT2D eigenvalue weighted by Crippen LogP contribution is -2.30. The molecule has 4 aromatic rings. The van der Waals surface area contributed by atoms with Crippen LogP contribution >= 0.6 is 0 Å². The van der Waals surface area contributed by atoms with E-state index in [1.54, 1.807) is 54.9 Å². The van der Waals surface area contributed by atoms with Gasteiger partial charge in [-0.2, -0.15) is 4.31 Å². The van der Waals surface area contributed by atoms with Gasteiger partial charge in [-0.15, -0.1) is 0 Å². The number of pyridine rings is 1. The lowest BCUT2D eigenvalue weighted by Gasteiger charge is -2.23. The van der Waals surface area contributed by atoms with Crippen LogP contribution in [0.2, 0.25) is 0 Å². The van der Waals surface area contributed by atoms with E-state index < -0.39 is 10.0 Å². The van der Waals surface area contributed by atoms with Crippen molar-refractivity contribution in [3.8, 4) is 5.75 Å². The maximum atomic E-state index is 13.4. The molecule has 0 bridgehead atoms.